The molecular formula is C14H14FN5. The maximum atomic E-state index is 13.8. The summed E-state index contributed by atoms with van der Waals surface area (Å²) in [4.78, 5) is 12.5. The summed E-state index contributed by atoms with van der Waals surface area (Å²) < 4.78 is 15.7. The van der Waals surface area contributed by atoms with Gasteiger partial charge in [-0.25, -0.2) is 19.3 Å². The van der Waals surface area contributed by atoms with Crippen LogP contribution in [0.15, 0.2) is 30.5 Å². The van der Waals surface area contributed by atoms with Gasteiger partial charge in [0.15, 0.2) is 5.82 Å². The lowest BCUT2D eigenvalue weighted by molar-refractivity contribution is 0.593. The third-order valence-electron chi connectivity index (χ3n) is 3.25. The fraction of sp³-hybridized carbons (Fsp3) is 0.214. The van der Waals surface area contributed by atoms with Crippen molar-refractivity contribution in [2.75, 3.05) is 12.4 Å². The highest BCUT2D eigenvalue weighted by Crippen LogP contribution is 2.17. The topological polar surface area (TPSA) is 55.6 Å². The van der Waals surface area contributed by atoms with Gasteiger partial charge in [-0.15, -0.1) is 0 Å². The van der Waals surface area contributed by atoms with E-state index in [0.29, 0.717) is 18.1 Å². The Morgan fingerprint density at radius 2 is 2.05 bits per heavy atom. The Morgan fingerprint density at radius 1 is 1.25 bits per heavy atom. The lowest BCUT2D eigenvalue weighted by atomic mass is 10.2. The fourth-order valence-corrected chi connectivity index (χ4v) is 2.15. The summed E-state index contributed by atoms with van der Waals surface area (Å²) in [5.41, 5.74) is 2.25. The molecule has 0 fully saturated rings. The largest absolute Gasteiger partial charge is 0.357 e. The number of nitrogens with zero attached hydrogens (tertiary/aromatic N) is 4. The summed E-state index contributed by atoms with van der Waals surface area (Å²) in [5, 5.41) is 2.81. The van der Waals surface area contributed by atoms with E-state index in [0.717, 1.165) is 16.9 Å². The first-order valence-electron chi connectivity index (χ1n) is 6.28. The van der Waals surface area contributed by atoms with Gasteiger partial charge in [0.25, 0.3) is 0 Å². The molecule has 0 saturated carbocycles. The molecular weight excluding hydrogens is 257 g/mol. The van der Waals surface area contributed by atoms with Crippen molar-refractivity contribution in [3.63, 3.8) is 0 Å². The monoisotopic (exact) mass is 271 g/mol. The van der Waals surface area contributed by atoms with Crippen LogP contribution in [0.25, 0.3) is 11.0 Å². The highest BCUT2D eigenvalue weighted by molar-refractivity contribution is 5.75. The Kier molecular flexibility index (Phi) is 3.06. The lowest BCUT2D eigenvalue weighted by Gasteiger charge is -2.05. The van der Waals surface area contributed by atoms with Crippen LogP contribution in [0.2, 0.25) is 0 Å². The Labute approximate surface area is 115 Å². The molecule has 3 rings (SSSR count). The molecule has 1 aromatic carbocycles. The van der Waals surface area contributed by atoms with Gasteiger partial charge in [0.2, 0.25) is 5.95 Å². The lowest BCUT2D eigenvalue weighted by Crippen LogP contribution is -2.06. The second-order valence-corrected chi connectivity index (χ2v) is 4.49. The molecule has 0 atom stereocenters. The number of rotatable bonds is 3. The molecule has 0 aliphatic rings. The normalized spacial score (nSPS) is 10.9. The number of para-hydroxylation sites is 2. The van der Waals surface area contributed by atoms with Crippen molar-refractivity contribution in [1.29, 1.82) is 0 Å². The van der Waals surface area contributed by atoms with Crippen LogP contribution in [0.1, 0.15) is 11.5 Å². The molecule has 6 heteroatoms. The van der Waals surface area contributed by atoms with Crippen molar-refractivity contribution < 1.29 is 4.39 Å². The summed E-state index contributed by atoms with van der Waals surface area (Å²) in [6.07, 6.45) is 1.50. The van der Waals surface area contributed by atoms with Crippen LogP contribution in [0, 0.1) is 5.82 Å². The zero-order valence-corrected chi connectivity index (χ0v) is 11.3. The van der Waals surface area contributed by atoms with Gasteiger partial charge in [-0.05, 0) is 12.1 Å². The average Bonchev–Trinajstić information content (AvgIpc) is 2.78. The van der Waals surface area contributed by atoms with E-state index in [-0.39, 0.29) is 0 Å². The number of halogens is 1. The van der Waals surface area contributed by atoms with E-state index in [1.165, 1.54) is 6.20 Å². The molecule has 0 saturated heterocycles. The molecule has 2 heterocycles. The van der Waals surface area contributed by atoms with Crippen LogP contribution in [-0.2, 0) is 13.5 Å². The highest BCUT2D eigenvalue weighted by atomic mass is 19.1. The maximum absolute atomic E-state index is 13.8. The first kappa shape index (κ1) is 12.5. The van der Waals surface area contributed by atoms with E-state index in [1.807, 2.05) is 35.9 Å². The molecule has 20 heavy (non-hydrogen) atoms. The first-order chi connectivity index (χ1) is 9.69. The van der Waals surface area contributed by atoms with Crippen LogP contribution in [0.5, 0.6) is 0 Å². The predicted octanol–water partition coefficient (Wildman–Crippen LogP) is 2.13. The maximum Gasteiger partial charge on any atom is 0.222 e. The standard InChI is InChI=1S/C14H14FN5/c1-16-14-17-8-9(15)11(19-14)7-13-18-10-5-3-4-6-12(10)20(13)2/h3-6,8H,7H2,1-2H3,(H,16,17,19). The van der Waals surface area contributed by atoms with Gasteiger partial charge < -0.3 is 9.88 Å². The van der Waals surface area contributed by atoms with Crippen molar-refractivity contribution in [3.8, 4) is 0 Å². The van der Waals surface area contributed by atoms with Crippen molar-refractivity contribution in [2.45, 2.75) is 6.42 Å². The number of aromatic nitrogens is 4. The molecule has 102 valence electrons. The number of fused-ring (bicyclic) bond motifs is 1. The molecule has 0 radical (unpaired) electrons. The van der Waals surface area contributed by atoms with E-state index in [9.17, 15) is 4.39 Å². The predicted molar refractivity (Wildman–Crippen MR) is 75.1 cm³/mol. The van der Waals surface area contributed by atoms with Crippen LogP contribution >= 0.6 is 0 Å². The van der Waals surface area contributed by atoms with Crippen molar-refractivity contribution >= 4 is 17.0 Å². The third-order valence-corrected chi connectivity index (χ3v) is 3.25. The number of nitrogens with one attached hydrogen (secondary N) is 1. The minimum absolute atomic E-state index is 0.328. The molecule has 2 aromatic heterocycles. The van der Waals surface area contributed by atoms with Crippen LogP contribution in [0.3, 0.4) is 0 Å². The Hall–Kier alpha value is -2.50. The Balaban J connectivity index is 2.03. The van der Waals surface area contributed by atoms with Gasteiger partial charge in [0.1, 0.15) is 5.82 Å². The van der Waals surface area contributed by atoms with Crippen molar-refractivity contribution in [2.24, 2.45) is 7.05 Å². The quantitative estimate of drug-likeness (QED) is 0.793. The van der Waals surface area contributed by atoms with Gasteiger partial charge in [-0.3, -0.25) is 0 Å². The second-order valence-electron chi connectivity index (χ2n) is 4.49. The summed E-state index contributed by atoms with van der Waals surface area (Å²) in [6, 6.07) is 7.82. The molecule has 0 unspecified atom stereocenters. The van der Waals surface area contributed by atoms with E-state index in [4.69, 9.17) is 0 Å². The van der Waals surface area contributed by atoms with Gasteiger partial charge in [0.05, 0.1) is 29.3 Å². The molecule has 0 bridgehead atoms. The van der Waals surface area contributed by atoms with E-state index in [2.05, 4.69) is 20.3 Å². The molecule has 0 aliphatic carbocycles. The molecule has 3 aromatic rings. The van der Waals surface area contributed by atoms with Crippen LogP contribution in [0.4, 0.5) is 10.3 Å². The Bertz CT molecular complexity index is 765. The number of imidazole rings is 1. The van der Waals surface area contributed by atoms with Crippen LogP contribution < -0.4 is 5.32 Å². The molecule has 1 N–H and O–H groups in total. The first-order valence-corrected chi connectivity index (χ1v) is 6.28. The number of benzene rings is 1. The summed E-state index contributed by atoms with van der Waals surface area (Å²) in [5.74, 6) is 0.752. The number of aryl methyl sites for hydroxylation is 1. The fourth-order valence-electron chi connectivity index (χ4n) is 2.15. The smallest absolute Gasteiger partial charge is 0.222 e. The van der Waals surface area contributed by atoms with Gasteiger partial charge in [0, 0.05) is 14.1 Å². The Morgan fingerprint density at radius 3 is 2.80 bits per heavy atom. The SMILES string of the molecule is CNc1ncc(F)c(Cc2nc3ccccc3n2C)n1. The van der Waals surface area contributed by atoms with Crippen molar-refractivity contribution in [1.82, 2.24) is 19.5 Å². The van der Waals surface area contributed by atoms with Crippen LogP contribution in [-0.4, -0.2) is 26.6 Å². The minimum Gasteiger partial charge on any atom is -0.357 e. The van der Waals surface area contributed by atoms with E-state index >= 15 is 0 Å². The summed E-state index contributed by atoms with van der Waals surface area (Å²) >= 11 is 0. The zero-order valence-electron chi connectivity index (χ0n) is 11.3. The highest BCUT2D eigenvalue weighted by Gasteiger charge is 2.12. The van der Waals surface area contributed by atoms with Gasteiger partial charge in [-0.1, -0.05) is 12.1 Å². The minimum atomic E-state index is -0.420. The van der Waals surface area contributed by atoms with E-state index < -0.39 is 5.82 Å². The average molecular weight is 271 g/mol. The van der Waals surface area contributed by atoms with Crippen molar-refractivity contribution in [3.05, 3.63) is 47.8 Å². The molecule has 0 spiro atoms. The number of hydrogen-bond acceptors (Lipinski definition) is 4. The van der Waals surface area contributed by atoms with Gasteiger partial charge in [-0.2, -0.15) is 0 Å². The zero-order chi connectivity index (χ0) is 14.1. The van der Waals surface area contributed by atoms with Gasteiger partial charge >= 0.3 is 0 Å². The molecule has 0 aliphatic heterocycles. The molecule has 5 nitrogen and oxygen atoms in total. The summed E-state index contributed by atoms with van der Waals surface area (Å²) in [6.45, 7) is 0. The number of anilines is 1. The third kappa shape index (κ3) is 2.09. The summed E-state index contributed by atoms with van der Waals surface area (Å²) in [7, 11) is 3.62. The second kappa shape index (κ2) is 4.88. The number of hydrogen-bond donors (Lipinski definition) is 1. The van der Waals surface area contributed by atoms with E-state index in [1.54, 1.807) is 7.05 Å². The molecule has 0 amide bonds.